The maximum atomic E-state index is 15.2. The fourth-order valence-corrected chi connectivity index (χ4v) is 16.2. The van der Waals surface area contributed by atoms with E-state index in [1.54, 1.807) is 6.07 Å². The molecule has 4 fully saturated rings. The first-order valence-electron chi connectivity index (χ1n) is 29.0. The molecule has 1 spiro atoms. The number of phenols is 1. The summed E-state index contributed by atoms with van der Waals surface area (Å²) in [5, 5.41) is 36.7. The molecule has 14 bridgehead atoms. The van der Waals surface area contributed by atoms with E-state index >= 15 is 9.59 Å². The van der Waals surface area contributed by atoms with Crippen molar-refractivity contribution in [3.05, 3.63) is 165 Å². The van der Waals surface area contributed by atoms with Crippen LogP contribution in [0.4, 0.5) is 0 Å². The Kier molecular flexibility index (Phi) is 14.6. The molecule has 14 rings (SSSR count). The summed E-state index contributed by atoms with van der Waals surface area (Å²) in [6.45, 7) is 6.60. The van der Waals surface area contributed by atoms with Crippen LogP contribution < -0.4 is 21.3 Å². The van der Waals surface area contributed by atoms with Gasteiger partial charge in [0, 0.05) is 36.8 Å². The average Bonchev–Trinajstić information content (AvgIpc) is 4.15. The number of ether oxygens (including phenoxy) is 2. The molecule has 9 atom stereocenters. The highest BCUT2D eigenvalue weighted by Crippen LogP contribution is 2.72. The molecule has 398 valence electrons. The van der Waals surface area contributed by atoms with Crippen LogP contribution in [0.25, 0.3) is 16.7 Å². The summed E-state index contributed by atoms with van der Waals surface area (Å²) >= 11 is 0. The SMILES string of the molecule is CCCNCc1cc2cc(c1)CC1CCC(C3CCNC(NC)C3)(CC=C3OC(=O)C4=C3CCC3C5CCC6(C(=CC(CCO)Cc7ccccc7)OC(=O)C6=C5c5cc(O)ccc5-c5cccc(c5)CNCC2)C43)C1. The number of esters is 2. The van der Waals surface area contributed by atoms with Crippen LogP contribution in [0.3, 0.4) is 0 Å². The third kappa shape index (κ3) is 9.54. The van der Waals surface area contributed by atoms with Crippen molar-refractivity contribution in [1.82, 2.24) is 21.3 Å². The number of allylic oxidation sites excluding steroid dienone is 5. The monoisotopic (exact) mass is 1020 g/mol. The number of nitrogens with one attached hydrogen (secondary N) is 4. The number of carbonyl (C=O) groups is 2. The highest BCUT2D eigenvalue weighted by molar-refractivity contribution is 6.07. The molecule has 6 N–H and O–H groups in total. The largest absolute Gasteiger partial charge is 0.508 e. The van der Waals surface area contributed by atoms with E-state index in [1.165, 1.54) is 23.1 Å². The van der Waals surface area contributed by atoms with Crippen molar-refractivity contribution in [2.24, 2.45) is 46.3 Å². The third-order valence-electron chi connectivity index (χ3n) is 19.5. The summed E-state index contributed by atoms with van der Waals surface area (Å²) in [5.41, 5.74) is 11.7. The van der Waals surface area contributed by atoms with Crippen LogP contribution in [0.2, 0.25) is 0 Å². The van der Waals surface area contributed by atoms with Gasteiger partial charge in [0.25, 0.3) is 0 Å². The molecule has 10 nitrogen and oxygen atoms in total. The van der Waals surface area contributed by atoms with Crippen LogP contribution in [-0.4, -0.2) is 61.6 Å². The summed E-state index contributed by atoms with van der Waals surface area (Å²) in [6, 6.07) is 32.0. The van der Waals surface area contributed by atoms with E-state index in [0.717, 1.165) is 147 Å². The lowest BCUT2D eigenvalue weighted by Gasteiger charge is -2.56. The van der Waals surface area contributed by atoms with Crippen molar-refractivity contribution in [2.45, 2.75) is 122 Å². The maximum absolute atomic E-state index is 15.2. The number of hydrogen-bond donors (Lipinski definition) is 6. The minimum atomic E-state index is -0.938. The lowest BCUT2D eigenvalue weighted by molar-refractivity contribution is -0.135. The summed E-state index contributed by atoms with van der Waals surface area (Å²) in [6.07, 6.45) is 18.5. The second kappa shape index (κ2) is 21.7. The Hall–Kier alpha value is -5.62. The molecular formula is C66H78N4O6. The molecule has 5 aliphatic heterocycles. The summed E-state index contributed by atoms with van der Waals surface area (Å²) in [5.74, 6) is 1.41. The highest BCUT2D eigenvalue weighted by Gasteiger charge is 2.68. The number of aromatic hydroxyl groups is 1. The quantitative estimate of drug-likeness (QED) is 0.0635. The standard InChI is InChI=1S/C66H78N4O6/c1-3-25-68-40-47-31-42-19-26-69-39-45-10-7-11-48(34-45)51-13-12-50(72)37-55(51)59-52-17-24-66(57(76-64(74)62(59)66)35-43(21-28-71)29-41-8-5-4-6-9-41)61-53(52)14-15-54-56(75-63(73)60(54)61)18-23-65(49-20-27-70-58(36-49)67-2)22-16-44(38-65)32-46(30-42)33-47/h4-13,18,30-31,33-35,37,43-44,49,52-53,58,61,67-72H,3,14-17,19-29,32,36,38-40H2,1-2H3. The molecule has 76 heavy (non-hydrogen) atoms. The number of piperidine rings is 1. The van der Waals surface area contributed by atoms with Crippen molar-refractivity contribution in [1.29, 1.82) is 0 Å². The predicted octanol–water partition coefficient (Wildman–Crippen LogP) is 10.8. The van der Waals surface area contributed by atoms with Gasteiger partial charge in [-0.2, -0.15) is 0 Å². The zero-order chi connectivity index (χ0) is 52.0. The maximum Gasteiger partial charge on any atom is 0.340 e. The number of hydrogen-bond acceptors (Lipinski definition) is 10. The minimum absolute atomic E-state index is 0.0126. The Bertz CT molecular complexity index is 2990. The van der Waals surface area contributed by atoms with Crippen molar-refractivity contribution in [3.63, 3.8) is 0 Å². The van der Waals surface area contributed by atoms with Crippen LogP contribution in [0.15, 0.2) is 131 Å². The number of benzene rings is 4. The smallest absolute Gasteiger partial charge is 0.340 e. The molecule has 10 heteroatoms. The van der Waals surface area contributed by atoms with Gasteiger partial charge < -0.3 is 41.0 Å². The first-order valence-corrected chi connectivity index (χ1v) is 29.0. The molecular weight excluding hydrogens is 945 g/mol. The Labute approximate surface area is 449 Å². The van der Waals surface area contributed by atoms with Gasteiger partial charge in [-0.05, 0) is 238 Å². The molecule has 10 aliphatic rings. The van der Waals surface area contributed by atoms with E-state index in [2.05, 4.69) is 102 Å². The lowest BCUT2D eigenvalue weighted by atomic mass is 9.44. The molecule has 0 radical (unpaired) electrons. The van der Waals surface area contributed by atoms with Crippen LogP contribution in [0.5, 0.6) is 5.75 Å². The van der Waals surface area contributed by atoms with E-state index in [9.17, 15) is 10.2 Å². The number of aliphatic hydroxyl groups is 1. The molecule has 4 aromatic carbocycles. The van der Waals surface area contributed by atoms with Crippen molar-refractivity contribution < 1.29 is 29.3 Å². The van der Waals surface area contributed by atoms with E-state index in [0.29, 0.717) is 49.0 Å². The van der Waals surface area contributed by atoms with Crippen LogP contribution in [0, 0.1) is 46.3 Å². The summed E-state index contributed by atoms with van der Waals surface area (Å²) in [4.78, 5) is 30.3. The molecule has 5 heterocycles. The predicted molar refractivity (Wildman–Crippen MR) is 298 cm³/mol. The molecule has 5 aliphatic carbocycles. The van der Waals surface area contributed by atoms with Gasteiger partial charge in [0.15, 0.2) is 0 Å². The fraction of sp³-hybridized carbons (Fsp3) is 0.485. The first-order chi connectivity index (χ1) is 37.2. The van der Waals surface area contributed by atoms with E-state index in [-0.39, 0.29) is 59.5 Å². The van der Waals surface area contributed by atoms with Crippen LogP contribution in [-0.2, 0) is 51.4 Å². The van der Waals surface area contributed by atoms with Gasteiger partial charge in [0.05, 0.1) is 17.2 Å². The lowest BCUT2D eigenvalue weighted by Crippen LogP contribution is -2.52. The summed E-state index contributed by atoms with van der Waals surface area (Å²) in [7, 11) is 2.07. The molecule has 4 aromatic rings. The zero-order valence-electron chi connectivity index (χ0n) is 44.7. The second-order valence-corrected chi connectivity index (χ2v) is 23.9. The molecule has 0 amide bonds. The van der Waals surface area contributed by atoms with Gasteiger partial charge in [0.1, 0.15) is 17.3 Å². The topological polar surface area (TPSA) is 141 Å². The van der Waals surface area contributed by atoms with Gasteiger partial charge in [0.2, 0.25) is 0 Å². The second-order valence-electron chi connectivity index (χ2n) is 23.9. The van der Waals surface area contributed by atoms with E-state index < -0.39 is 5.41 Å². The van der Waals surface area contributed by atoms with Gasteiger partial charge in [-0.3, -0.25) is 0 Å². The zero-order valence-corrected chi connectivity index (χ0v) is 44.7. The number of phenolic OH excluding ortho intramolecular Hbond substituents is 1. The number of carbonyl (C=O) groups excluding carboxylic acids is 2. The minimum Gasteiger partial charge on any atom is -0.508 e. The fourth-order valence-electron chi connectivity index (χ4n) is 16.2. The molecule has 2 saturated carbocycles. The first kappa shape index (κ1) is 51.2. The van der Waals surface area contributed by atoms with Gasteiger partial charge in [-0.25, -0.2) is 9.59 Å². The van der Waals surface area contributed by atoms with Gasteiger partial charge in [-0.15, -0.1) is 0 Å². The van der Waals surface area contributed by atoms with Crippen molar-refractivity contribution >= 4 is 17.5 Å². The Balaban J connectivity index is 1.01. The highest BCUT2D eigenvalue weighted by atomic mass is 16.6. The Morgan fingerprint density at radius 1 is 0.842 bits per heavy atom. The molecule has 9 unspecified atom stereocenters. The Morgan fingerprint density at radius 2 is 1.72 bits per heavy atom. The van der Waals surface area contributed by atoms with Crippen molar-refractivity contribution in [3.8, 4) is 16.9 Å². The number of aliphatic hydroxyl groups excluding tert-OH is 1. The van der Waals surface area contributed by atoms with Gasteiger partial charge in [-0.1, -0.05) is 79.7 Å². The van der Waals surface area contributed by atoms with Crippen molar-refractivity contribution in [2.75, 3.05) is 33.3 Å². The number of cyclic esters (lactones) is 1. The normalized spacial score (nSPS) is 29.9. The average molecular weight is 1020 g/mol. The molecule has 0 aromatic heterocycles. The Morgan fingerprint density at radius 3 is 2.58 bits per heavy atom. The van der Waals surface area contributed by atoms with Crippen LogP contribution >= 0.6 is 0 Å². The number of fused-ring (bicyclic) bond motifs is 5. The number of rotatable bonds is 11. The van der Waals surface area contributed by atoms with E-state index in [4.69, 9.17) is 9.47 Å². The van der Waals surface area contributed by atoms with Crippen LogP contribution in [0.1, 0.15) is 117 Å². The van der Waals surface area contributed by atoms with Gasteiger partial charge >= 0.3 is 11.9 Å². The third-order valence-corrected chi connectivity index (χ3v) is 19.5. The van der Waals surface area contributed by atoms with E-state index in [1.807, 2.05) is 30.3 Å². The molecule has 2 saturated heterocycles. The summed E-state index contributed by atoms with van der Waals surface area (Å²) < 4.78 is 13.3.